The van der Waals surface area contributed by atoms with Crippen LogP contribution in [0.5, 0.6) is 5.75 Å². The minimum atomic E-state index is 0.575. The molecule has 2 heterocycles. The van der Waals surface area contributed by atoms with Crippen LogP contribution in [0.2, 0.25) is 0 Å². The van der Waals surface area contributed by atoms with Crippen molar-refractivity contribution in [1.82, 2.24) is 9.47 Å². The van der Waals surface area contributed by atoms with Crippen molar-refractivity contribution in [3.8, 4) is 5.75 Å². The van der Waals surface area contributed by atoms with Crippen LogP contribution >= 0.6 is 0 Å². The summed E-state index contributed by atoms with van der Waals surface area (Å²) in [6, 6.07) is 16.1. The van der Waals surface area contributed by atoms with Gasteiger partial charge in [-0.1, -0.05) is 29.8 Å². The number of fused-ring (bicyclic) bond motifs is 3. The zero-order valence-electron chi connectivity index (χ0n) is 17.0. The summed E-state index contributed by atoms with van der Waals surface area (Å²) in [7, 11) is 2.23. The van der Waals surface area contributed by atoms with Crippen LogP contribution in [0.15, 0.2) is 42.5 Å². The van der Waals surface area contributed by atoms with Gasteiger partial charge in [-0.3, -0.25) is 4.90 Å². The summed E-state index contributed by atoms with van der Waals surface area (Å²) in [6.45, 7) is 9.27. The maximum absolute atomic E-state index is 5.78. The third kappa shape index (κ3) is 3.49. The first-order valence-electron chi connectivity index (χ1n) is 10.1. The Bertz CT molecular complexity index is 939. The third-order valence-electron chi connectivity index (χ3n) is 5.96. The van der Waals surface area contributed by atoms with Gasteiger partial charge in [0.2, 0.25) is 0 Å². The predicted molar refractivity (Wildman–Crippen MR) is 113 cm³/mol. The molecule has 0 amide bonds. The van der Waals surface area contributed by atoms with Gasteiger partial charge in [-0.2, -0.15) is 0 Å². The van der Waals surface area contributed by atoms with E-state index in [0.29, 0.717) is 12.6 Å². The highest BCUT2D eigenvalue weighted by atomic mass is 16.5. The van der Waals surface area contributed by atoms with Gasteiger partial charge in [0.05, 0.1) is 6.61 Å². The van der Waals surface area contributed by atoms with Gasteiger partial charge in [0.15, 0.2) is 0 Å². The van der Waals surface area contributed by atoms with E-state index in [0.717, 1.165) is 31.7 Å². The second-order valence-corrected chi connectivity index (χ2v) is 7.89. The van der Waals surface area contributed by atoms with Crippen molar-refractivity contribution in [3.05, 3.63) is 64.8 Å². The van der Waals surface area contributed by atoms with E-state index in [1.165, 1.54) is 33.3 Å². The van der Waals surface area contributed by atoms with Crippen LogP contribution in [0.4, 0.5) is 0 Å². The number of ether oxygens (including phenoxy) is 1. The van der Waals surface area contributed by atoms with E-state index in [4.69, 9.17) is 4.74 Å². The van der Waals surface area contributed by atoms with Gasteiger partial charge >= 0.3 is 0 Å². The lowest BCUT2D eigenvalue weighted by Crippen LogP contribution is -2.35. The standard InChI is InChI=1S/C24H30N2O/c1-5-27-20-10-11-23-21(15-20)22-16-25(4)18(3)14-24(22)26(23)13-12-19-8-6-17(2)7-9-19/h6-11,15,18H,5,12-14,16H2,1-4H3. The van der Waals surface area contributed by atoms with Crippen LogP contribution in [0.25, 0.3) is 10.9 Å². The number of likely N-dealkylation sites (N-methyl/N-ethyl adjacent to an activating group) is 1. The second kappa shape index (κ2) is 7.40. The van der Waals surface area contributed by atoms with Crippen LogP contribution in [-0.2, 0) is 25.9 Å². The van der Waals surface area contributed by atoms with Crippen molar-refractivity contribution < 1.29 is 4.74 Å². The van der Waals surface area contributed by atoms with Crippen molar-refractivity contribution in [1.29, 1.82) is 0 Å². The number of benzene rings is 2. The average molecular weight is 363 g/mol. The first-order chi connectivity index (χ1) is 13.1. The number of hydrogen-bond donors (Lipinski definition) is 0. The van der Waals surface area contributed by atoms with Crippen molar-refractivity contribution in [2.24, 2.45) is 0 Å². The van der Waals surface area contributed by atoms with E-state index in [9.17, 15) is 0 Å². The van der Waals surface area contributed by atoms with Crippen LogP contribution in [-0.4, -0.2) is 29.2 Å². The molecule has 1 aliphatic rings. The Morgan fingerprint density at radius 1 is 1.11 bits per heavy atom. The molecule has 0 radical (unpaired) electrons. The molecule has 1 unspecified atom stereocenters. The summed E-state index contributed by atoms with van der Waals surface area (Å²) < 4.78 is 8.34. The quantitative estimate of drug-likeness (QED) is 0.638. The van der Waals surface area contributed by atoms with Crippen molar-refractivity contribution in [2.75, 3.05) is 13.7 Å². The van der Waals surface area contributed by atoms with Gasteiger partial charge in [0, 0.05) is 42.1 Å². The van der Waals surface area contributed by atoms with Gasteiger partial charge in [-0.25, -0.2) is 0 Å². The van der Waals surface area contributed by atoms with E-state index in [1.807, 2.05) is 6.92 Å². The van der Waals surface area contributed by atoms with Crippen LogP contribution in [0.3, 0.4) is 0 Å². The van der Waals surface area contributed by atoms with Gasteiger partial charge in [-0.05, 0) is 63.6 Å². The molecule has 0 saturated heterocycles. The Balaban J connectivity index is 1.74. The largest absolute Gasteiger partial charge is 0.494 e. The average Bonchev–Trinajstić information content (AvgIpc) is 2.94. The Hall–Kier alpha value is -2.26. The normalized spacial score (nSPS) is 17.3. The van der Waals surface area contributed by atoms with Gasteiger partial charge in [0.25, 0.3) is 0 Å². The molecular formula is C24H30N2O. The summed E-state index contributed by atoms with van der Waals surface area (Å²) in [6.07, 6.45) is 2.17. The number of hydrogen-bond acceptors (Lipinski definition) is 2. The molecule has 1 atom stereocenters. The monoisotopic (exact) mass is 362 g/mol. The molecule has 0 spiro atoms. The Morgan fingerprint density at radius 3 is 2.63 bits per heavy atom. The van der Waals surface area contributed by atoms with Gasteiger partial charge in [0.1, 0.15) is 5.75 Å². The highest BCUT2D eigenvalue weighted by Gasteiger charge is 2.26. The zero-order chi connectivity index (χ0) is 19.0. The van der Waals surface area contributed by atoms with Crippen LogP contribution in [0, 0.1) is 6.92 Å². The highest BCUT2D eigenvalue weighted by Crippen LogP contribution is 2.34. The molecule has 0 fully saturated rings. The fourth-order valence-electron chi connectivity index (χ4n) is 4.21. The Kier molecular flexibility index (Phi) is 4.96. The molecule has 3 aromatic rings. The van der Waals surface area contributed by atoms with Crippen LogP contribution in [0.1, 0.15) is 36.2 Å². The summed E-state index contributed by atoms with van der Waals surface area (Å²) in [5, 5.41) is 1.36. The second-order valence-electron chi connectivity index (χ2n) is 7.89. The fraction of sp³-hybridized carbons (Fsp3) is 0.417. The van der Waals surface area contributed by atoms with Crippen molar-refractivity contribution in [2.45, 2.75) is 52.7 Å². The highest BCUT2D eigenvalue weighted by molar-refractivity contribution is 5.87. The predicted octanol–water partition coefficient (Wildman–Crippen LogP) is 4.97. The summed E-state index contributed by atoms with van der Waals surface area (Å²) in [4.78, 5) is 2.46. The zero-order valence-corrected chi connectivity index (χ0v) is 17.0. The van der Waals surface area contributed by atoms with Gasteiger partial charge < -0.3 is 9.30 Å². The number of aryl methyl sites for hydroxylation is 3. The Labute approximate surface area is 162 Å². The smallest absolute Gasteiger partial charge is 0.120 e. The van der Waals surface area contributed by atoms with Crippen LogP contribution < -0.4 is 4.74 Å². The summed E-state index contributed by atoms with van der Waals surface area (Å²) in [5.74, 6) is 0.977. The molecule has 27 heavy (non-hydrogen) atoms. The molecule has 3 heteroatoms. The van der Waals surface area contributed by atoms with E-state index in [-0.39, 0.29) is 0 Å². The Morgan fingerprint density at radius 2 is 1.89 bits per heavy atom. The third-order valence-corrected chi connectivity index (χ3v) is 5.96. The first kappa shape index (κ1) is 18.1. The molecule has 0 N–H and O–H groups in total. The lowest BCUT2D eigenvalue weighted by Gasteiger charge is -2.31. The molecular weight excluding hydrogens is 332 g/mol. The maximum atomic E-state index is 5.78. The van der Waals surface area contributed by atoms with Crippen molar-refractivity contribution in [3.63, 3.8) is 0 Å². The summed E-state index contributed by atoms with van der Waals surface area (Å²) in [5.41, 5.74) is 7.07. The van der Waals surface area contributed by atoms with E-state index < -0.39 is 0 Å². The number of rotatable bonds is 5. The summed E-state index contributed by atoms with van der Waals surface area (Å²) >= 11 is 0. The topological polar surface area (TPSA) is 17.4 Å². The molecule has 0 saturated carbocycles. The first-order valence-corrected chi connectivity index (χ1v) is 10.1. The minimum Gasteiger partial charge on any atom is -0.494 e. The van der Waals surface area contributed by atoms with Gasteiger partial charge in [-0.15, -0.1) is 0 Å². The lowest BCUT2D eigenvalue weighted by atomic mass is 10.00. The molecule has 4 rings (SSSR count). The molecule has 1 aliphatic heterocycles. The minimum absolute atomic E-state index is 0.575. The maximum Gasteiger partial charge on any atom is 0.120 e. The molecule has 0 bridgehead atoms. The van der Waals surface area contributed by atoms with E-state index in [2.05, 4.69) is 72.8 Å². The number of aromatic nitrogens is 1. The number of nitrogens with zero attached hydrogens (tertiary/aromatic N) is 2. The molecule has 3 nitrogen and oxygen atoms in total. The molecule has 2 aromatic carbocycles. The lowest BCUT2D eigenvalue weighted by molar-refractivity contribution is 0.228. The van der Waals surface area contributed by atoms with Crippen molar-refractivity contribution >= 4 is 10.9 Å². The fourth-order valence-corrected chi connectivity index (χ4v) is 4.21. The SMILES string of the molecule is CCOc1ccc2c(c1)c1c(n2CCc2ccc(C)cc2)CC(C)N(C)C1. The van der Waals surface area contributed by atoms with E-state index >= 15 is 0 Å². The van der Waals surface area contributed by atoms with E-state index in [1.54, 1.807) is 0 Å². The molecule has 142 valence electrons. The molecule has 1 aromatic heterocycles. The molecule has 0 aliphatic carbocycles.